The summed E-state index contributed by atoms with van der Waals surface area (Å²) in [6, 6.07) is 6.78. The summed E-state index contributed by atoms with van der Waals surface area (Å²) in [6.45, 7) is 1.30. The second kappa shape index (κ2) is 10.7. The molecule has 6 nitrogen and oxygen atoms in total. The molecule has 2 aliphatic rings. The van der Waals surface area contributed by atoms with E-state index in [4.69, 9.17) is 16.3 Å². The van der Waals surface area contributed by atoms with E-state index in [2.05, 4.69) is 4.90 Å². The zero-order valence-electron chi connectivity index (χ0n) is 19.8. The lowest BCUT2D eigenvalue weighted by molar-refractivity contribution is -0.0321. The van der Waals surface area contributed by atoms with Crippen LogP contribution in [0.4, 0.5) is 13.2 Å². The Bertz CT molecular complexity index is 1250. The zero-order valence-corrected chi connectivity index (χ0v) is 21.4. The van der Waals surface area contributed by atoms with Crippen molar-refractivity contribution in [3.63, 3.8) is 0 Å². The number of amides is 1. The van der Waals surface area contributed by atoms with Crippen LogP contribution in [0, 0.1) is 11.6 Å². The van der Waals surface area contributed by atoms with E-state index in [1.807, 2.05) is 0 Å². The highest BCUT2D eigenvalue weighted by Crippen LogP contribution is 2.43. The van der Waals surface area contributed by atoms with E-state index in [0.29, 0.717) is 35.8 Å². The largest absolute Gasteiger partial charge is 0.373 e. The lowest BCUT2D eigenvalue weighted by Gasteiger charge is -2.36. The number of carbonyl (C=O) groups excluding carboxylic acids is 1. The molecule has 4 rings (SSSR count). The van der Waals surface area contributed by atoms with Gasteiger partial charge in [0.05, 0.1) is 25.0 Å². The van der Waals surface area contributed by atoms with Crippen LogP contribution < -0.4 is 4.72 Å². The summed E-state index contributed by atoms with van der Waals surface area (Å²) in [4.78, 5) is 14.2. The molecule has 0 atom stereocenters. The minimum Gasteiger partial charge on any atom is -0.373 e. The second-order valence-electron chi connectivity index (χ2n) is 9.66. The SMILES string of the molecule is CS(=O)(=O)NC(=O)c1cc(C2CC2)c(COCC2(F)CCN(Cc3ccc(F)cc3Cl)CC2)cc1F. The van der Waals surface area contributed by atoms with E-state index in [-0.39, 0.29) is 37.5 Å². The highest BCUT2D eigenvalue weighted by atomic mass is 35.5. The third-order valence-corrected chi connectivity index (χ3v) is 7.46. The number of likely N-dealkylation sites (tertiary alicyclic amines) is 1. The summed E-state index contributed by atoms with van der Waals surface area (Å²) in [5.41, 5.74) is 0.147. The first-order chi connectivity index (χ1) is 16.9. The molecule has 11 heteroatoms. The molecule has 0 unspecified atom stereocenters. The Morgan fingerprint density at radius 3 is 2.47 bits per heavy atom. The van der Waals surface area contributed by atoms with Gasteiger partial charge in [-0.25, -0.2) is 26.3 Å². The van der Waals surface area contributed by atoms with Crippen molar-refractivity contribution in [1.29, 1.82) is 0 Å². The minimum absolute atomic E-state index is 0.0166. The molecule has 1 saturated carbocycles. The van der Waals surface area contributed by atoms with E-state index in [0.717, 1.165) is 24.7 Å². The monoisotopic (exact) mass is 544 g/mol. The van der Waals surface area contributed by atoms with Crippen LogP contribution in [0.3, 0.4) is 0 Å². The van der Waals surface area contributed by atoms with Crippen LogP contribution in [0.15, 0.2) is 30.3 Å². The Balaban J connectivity index is 1.34. The lowest BCUT2D eigenvalue weighted by atomic mass is 9.94. The van der Waals surface area contributed by atoms with Crippen molar-refractivity contribution in [2.24, 2.45) is 0 Å². The third kappa shape index (κ3) is 7.00. The fraction of sp³-hybridized carbons (Fsp3) is 0.480. The van der Waals surface area contributed by atoms with Crippen molar-refractivity contribution in [3.8, 4) is 0 Å². The number of hydrogen-bond acceptors (Lipinski definition) is 5. The molecular weight excluding hydrogens is 517 g/mol. The number of halogens is 4. The quantitative estimate of drug-likeness (QED) is 0.495. The van der Waals surface area contributed by atoms with E-state index < -0.39 is 33.2 Å². The van der Waals surface area contributed by atoms with Gasteiger partial charge in [-0.1, -0.05) is 17.7 Å². The molecule has 2 fully saturated rings. The van der Waals surface area contributed by atoms with Crippen molar-refractivity contribution in [3.05, 3.63) is 69.2 Å². The molecule has 0 aromatic heterocycles. The lowest BCUT2D eigenvalue weighted by Crippen LogP contribution is -2.44. The Labute approximate surface area is 213 Å². The summed E-state index contributed by atoms with van der Waals surface area (Å²) >= 11 is 6.10. The van der Waals surface area contributed by atoms with Gasteiger partial charge in [0.15, 0.2) is 0 Å². The van der Waals surface area contributed by atoms with Gasteiger partial charge < -0.3 is 4.74 Å². The standard InChI is InChI=1S/C25H28ClF3N2O4S/c1-36(33,34)30-24(32)21-12-20(16-2-3-16)18(10-23(21)28)14-35-15-25(29)6-8-31(9-7-25)13-17-4-5-19(27)11-22(17)26/h4-5,10-12,16H,2-3,6-9,13-15H2,1H3,(H,30,32). The molecule has 0 radical (unpaired) electrons. The van der Waals surface area contributed by atoms with Gasteiger partial charge in [-0.15, -0.1) is 0 Å². The normalized spacial score (nSPS) is 18.2. The Morgan fingerprint density at radius 1 is 1.17 bits per heavy atom. The molecule has 0 spiro atoms. The molecule has 1 aliphatic carbocycles. The summed E-state index contributed by atoms with van der Waals surface area (Å²) in [5.74, 6) is -2.16. The smallest absolute Gasteiger partial charge is 0.267 e. The molecule has 36 heavy (non-hydrogen) atoms. The van der Waals surface area contributed by atoms with E-state index in [9.17, 15) is 22.0 Å². The predicted molar refractivity (Wildman–Crippen MR) is 130 cm³/mol. The Morgan fingerprint density at radius 2 is 1.86 bits per heavy atom. The van der Waals surface area contributed by atoms with Crippen molar-refractivity contribution >= 4 is 27.5 Å². The molecule has 1 amide bonds. The zero-order chi connectivity index (χ0) is 26.1. The van der Waals surface area contributed by atoms with Crippen LogP contribution >= 0.6 is 11.6 Å². The van der Waals surface area contributed by atoms with Crippen LogP contribution in [0.25, 0.3) is 0 Å². The van der Waals surface area contributed by atoms with Crippen molar-refractivity contribution in [2.45, 2.75) is 50.4 Å². The number of sulfonamides is 1. The van der Waals surface area contributed by atoms with E-state index in [1.165, 1.54) is 24.3 Å². The van der Waals surface area contributed by atoms with Crippen molar-refractivity contribution < 1.29 is 31.1 Å². The minimum atomic E-state index is -3.83. The highest BCUT2D eigenvalue weighted by molar-refractivity contribution is 7.89. The molecule has 1 aliphatic heterocycles. The van der Waals surface area contributed by atoms with Crippen LogP contribution in [0.5, 0.6) is 0 Å². The summed E-state index contributed by atoms with van der Waals surface area (Å²) in [7, 11) is -3.83. The van der Waals surface area contributed by atoms with Crippen LogP contribution in [-0.4, -0.2) is 50.8 Å². The molecule has 2 aromatic rings. The first-order valence-electron chi connectivity index (χ1n) is 11.7. The molecule has 196 valence electrons. The van der Waals surface area contributed by atoms with Gasteiger partial charge in [0.1, 0.15) is 17.3 Å². The number of alkyl halides is 1. The number of carbonyl (C=O) groups is 1. The maximum Gasteiger partial charge on any atom is 0.267 e. The molecule has 1 saturated heterocycles. The fourth-order valence-electron chi connectivity index (χ4n) is 4.42. The third-order valence-electron chi connectivity index (χ3n) is 6.55. The Hall–Kier alpha value is -2.14. The molecule has 0 bridgehead atoms. The molecular formula is C25H28ClF3N2O4S. The van der Waals surface area contributed by atoms with E-state index >= 15 is 4.39 Å². The fourth-order valence-corrected chi connectivity index (χ4v) is 5.09. The van der Waals surface area contributed by atoms with Crippen LogP contribution in [-0.2, 0) is 27.9 Å². The second-order valence-corrected chi connectivity index (χ2v) is 11.8. The summed E-state index contributed by atoms with van der Waals surface area (Å²) in [5, 5.41) is 0.342. The molecule has 2 aromatic carbocycles. The summed E-state index contributed by atoms with van der Waals surface area (Å²) < 4.78 is 73.5. The summed E-state index contributed by atoms with van der Waals surface area (Å²) in [6.07, 6.45) is 3.06. The topological polar surface area (TPSA) is 75.7 Å². The number of ether oxygens (including phenoxy) is 1. The van der Waals surface area contributed by atoms with Crippen molar-refractivity contribution in [1.82, 2.24) is 9.62 Å². The number of nitrogens with one attached hydrogen (secondary N) is 1. The van der Waals surface area contributed by atoms with Gasteiger partial charge in [-0.05, 0) is 72.6 Å². The average Bonchev–Trinajstić information content (AvgIpc) is 3.61. The van der Waals surface area contributed by atoms with Gasteiger partial charge in [0.2, 0.25) is 10.0 Å². The number of piperidine rings is 1. The number of nitrogens with zero attached hydrogens (tertiary/aromatic N) is 1. The van der Waals surface area contributed by atoms with Crippen molar-refractivity contribution in [2.75, 3.05) is 26.0 Å². The Kier molecular flexibility index (Phi) is 7.99. The van der Waals surface area contributed by atoms with Gasteiger partial charge >= 0.3 is 0 Å². The van der Waals surface area contributed by atoms with Gasteiger partial charge in [0.25, 0.3) is 5.91 Å². The number of benzene rings is 2. The van der Waals surface area contributed by atoms with Crippen LogP contribution in [0.2, 0.25) is 5.02 Å². The van der Waals surface area contributed by atoms with E-state index in [1.54, 1.807) is 10.8 Å². The molecule has 1 heterocycles. The van der Waals surface area contributed by atoms with Gasteiger partial charge in [-0.3, -0.25) is 9.69 Å². The van der Waals surface area contributed by atoms with Gasteiger partial charge in [0, 0.05) is 24.7 Å². The van der Waals surface area contributed by atoms with Crippen LogP contribution in [0.1, 0.15) is 58.6 Å². The average molecular weight is 545 g/mol. The number of rotatable bonds is 9. The predicted octanol–water partition coefficient (Wildman–Crippen LogP) is 4.71. The maximum atomic E-state index is 15.4. The molecule has 1 N–H and O–H groups in total. The first-order valence-corrected chi connectivity index (χ1v) is 14.0. The van der Waals surface area contributed by atoms with Gasteiger partial charge in [-0.2, -0.15) is 0 Å². The first kappa shape index (κ1) is 26.9. The number of hydrogen-bond donors (Lipinski definition) is 1. The highest BCUT2D eigenvalue weighted by Gasteiger charge is 2.35. The maximum absolute atomic E-state index is 15.4.